The van der Waals surface area contributed by atoms with Crippen molar-refractivity contribution < 1.29 is 0 Å². The minimum absolute atomic E-state index is 0.166. The Morgan fingerprint density at radius 3 is 2.64 bits per heavy atom. The van der Waals surface area contributed by atoms with Gasteiger partial charge >= 0.3 is 78.4 Å². The molecular formula is C10H12Te. The van der Waals surface area contributed by atoms with Gasteiger partial charge in [0, 0.05) is 0 Å². The molecule has 0 amide bonds. The summed E-state index contributed by atoms with van der Waals surface area (Å²) in [4.78, 5) is 0. The molecule has 11 heavy (non-hydrogen) atoms. The topological polar surface area (TPSA) is 0 Å². The van der Waals surface area contributed by atoms with E-state index in [0.29, 0.717) is 0 Å². The summed E-state index contributed by atoms with van der Waals surface area (Å²) >= 11 is 0.166. The Kier molecular flexibility index (Phi) is 4.35. The van der Waals surface area contributed by atoms with Gasteiger partial charge in [0.25, 0.3) is 0 Å². The third-order valence-electron chi connectivity index (χ3n) is 1.32. The molecule has 1 aromatic rings. The van der Waals surface area contributed by atoms with Gasteiger partial charge in [0.1, 0.15) is 0 Å². The van der Waals surface area contributed by atoms with Crippen LogP contribution in [0, 0.1) is 0 Å². The molecule has 0 atom stereocenters. The van der Waals surface area contributed by atoms with Crippen LogP contribution in [0.1, 0.15) is 12.5 Å². The van der Waals surface area contributed by atoms with Crippen LogP contribution in [0.25, 0.3) is 6.08 Å². The Morgan fingerprint density at radius 2 is 2.00 bits per heavy atom. The Labute approximate surface area is 78.4 Å². The first kappa shape index (κ1) is 8.84. The van der Waals surface area contributed by atoms with Gasteiger partial charge in [-0.25, -0.2) is 0 Å². The van der Waals surface area contributed by atoms with E-state index in [2.05, 4.69) is 41.4 Å². The maximum atomic E-state index is 2.35. The number of rotatable bonds is 3. The fraction of sp³-hybridized carbons (Fsp3) is 0.200. The van der Waals surface area contributed by atoms with Crippen LogP contribution in [0.2, 0.25) is 4.47 Å². The fourth-order valence-electron chi connectivity index (χ4n) is 0.787. The number of hydrogen-bond acceptors (Lipinski definition) is 0. The first-order valence-electron chi connectivity index (χ1n) is 3.76. The van der Waals surface area contributed by atoms with Crippen molar-refractivity contribution in [1.82, 2.24) is 0 Å². The van der Waals surface area contributed by atoms with E-state index in [1.54, 1.807) is 0 Å². The molecule has 0 aliphatic heterocycles. The van der Waals surface area contributed by atoms with Crippen molar-refractivity contribution in [3.05, 3.63) is 40.0 Å². The van der Waals surface area contributed by atoms with Crippen molar-refractivity contribution >= 4 is 27.0 Å². The molecule has 0 heterocycles. The Morgan fingerprint density at radius 1 is 1.27 bits per heavy atom. The van der Waals surface area contributed by atoms with E-state index in [1.807, 2.05) is 6.07 Å². The molecule has 1 heteroatoms. The predicted molar refractivity (Wildman–Crippen MR) is 51.7 cm³/mol. The average Bonchev–Trinajstić information content (AvgIpc) is 2.07. The first-order chi connectivity index (χ1) is 5.43. The minimum atomic E-state index is 0.166. The molecular weight excluding hydrogens is 248 g/mol. The molecule has 1 rings (SSSR count). The predicted octanol–water partition coefficient (Wildman–Crippen LogP) is 2.80. The third-order valence-corrected chi connectivity index (χ3v) is 3.21. The molecule has 0 saturated heterocycles. The van der Waals surface area contributed by atoms with Crippen molar-refractivity contribution in [3.8, 4) is 0 Å². The van der Waals surface area contributed by atoms with E-state index in [4.69, 9.17) is 0 Å². The zero-order chi connectivity index (χ0) is 7.94. The van der Waals surface area contributed by atoms with Gasteiger partial charge in [0.2, 0.25) is 0 Å². The number of benzene rings is 1. The van der Waals surface area contributed by atoms with Crippen LogP contribution >= 0.6 is 0 Å². The maximum absolute atomic E-state index is 2.35. The van der Waals surface area contributed by atoms with Gasteiger partial charge in [0.15, 0.2) is 0 Å². The molecule has 0 aromatic heterocycles. The van der Waals surface area contributed by atoms with Crippen LogP contribution in [0.5, 0.6) is 0 Å². The Hall–Kier alpha value is -0.250. The fourth-order valence-corrected chi connectivity index (χ4v) is 2.06. The molecule has 0 N–H and O–H groups in total. The van der Waals surface area contributed by atoms with E-state index in [1.165, 1.54) is 10.0 Å². The monoisotopic (exact) mass is 262 g/mol. The Bertz CT molecular complexity index is 214. The van der Waals surface area contributed by atoms with Crippen molar-refractivity contribution in [3.63, 3.8) is 0 Å². The summed E-state index contributed by atoms with van der Waals surface area (Å²) in [5.41, 5.74) is 1.33. The van der Waals surface area contributed by atoms with E-state index in [9.17, 15) is 0 Å². The molecule has 0 bridgehead atoms. The van der Waals surface area contributed by atoms with Crippen LogP contribution in [0.4, 0.5) is 0 Å². The van der Waals surface area contributed by atoms with Crippen molar-refractivity contribution in [1.29, 1.82) is 0 Å². The van der Waals surface area contributed by atoms with Crippen molar-refractivity contribution in [2.45, 2.75) is 11.4 Å². The van der Waals surface area contributed by atoms with E-state index >= 15 is 0 Å². The Balaban J connectivity index is 2.50. The average molecular weight is 260 g/mol. The summed E-state index contributed by atoms with van der Waals surface area (Å²) in [5.74, 6) is 0. The molecule has 0 nitrogen and oxygen atoms in total. The standard InChI is InChI=1S/C10H12Te/c1-2-11-9-8-10-6-4-3-5-7-10/h3-9H,2H2,1H3/b9-8+. The van der Waals surface area contributed by atoms with Gasteiger partial charge in [-0.2, -0.15) is 0 Å². The zero-order valence-electron chi connectivity index (χ0n) is 6.66. The van der Waals surface area contributed by atoms with E-state index in [0.717, 1.165) is 0 Å². The summed E-state index contributed by atoms with van der Waals surface area (Å²) in [6.45, 7) is 2.25. The second-order valence-corrected chi connectivity index (χ2v) is 5.54. The second kappa shape index (κ2) is 5.41. The molecule has 0 aliphatic carbocycles. The van der Waals surface area contributed by atoms with Crippen LogP contribution in [0.3, 0.4) is 0 Å². The summed E-state index contributed by atoms with van der Waals surface area (Å²) in [6.07, 6.45) is 2.23. The van der Waals surface area contributed by atoms with Gasteiger partial charge in [0.05, 0.1) is 0 Å². The van der Waals surface area contributed by atoms with Crippen LogP contribution in [-0.2, 0) is 0 Å². The van der Waals surface area contributed by atoms with E-state index in [-0.39, 0.29) is 20.9 Å². The molecule has 0 aliphatic rings. The van der Waals surface area contributed by atoms with Crippen LogP contribution in [0.15, 0.2) is 34.5 Å². The summed E-state index contributed by atoms with van der Waals surface area (Å²) in [6, 6.07) is 10.5. The molecule has 0 unspecified atom stereocenters. The molecule has 0 fully saturated rings. The van der Waals surface area contributed by atoms with Crippen LogP contribution < -0.4 is 0 Å². The zero-order valence-corrected chi connectivity index (χ0v) is 8.99. The van der Waals surface area contributed by atoms with Gasteiger partial charge in [-0.1, -0.05) is 0 Å². The van der Waals surface area contributed by atoms with E-state index < -0.39 is 0 Å². The van der Waals surface area contributed by atoms with Gasteiger partial charge < -0.3 is 0 Å². The normalized spacial score (nSPS) is 10.6. The first-order valence-corrected chi connectivity index (χ1v) is 6.76. The SMILES string of the molecule is CC[Te]/C=C/c1ccccc1. The summed E-state index contributed by atoms with van der Waals surface area (Å²) in [5, 5.41) is 0. The molecule has 1 aromatic carbocycles. The number of hydrogen-bond donors (Lipinski definition) is 0. The van der Waals surface area contributed by atoms with Gasteiger partial charge in [-0.15, -0.1) is 0 Å². The third kappa shape index (κ3) is 3.60. The quantitative estimate of drug-likeness (QED) is 0.733. The van der Waals surface area contributed by atoms with Gasteiger partial charge in [-0.3, -0.25) is 0 Å². The molecule has 0 spiro atoms. The van der Waals surface area contributed by atoms with Crippen molar-refractivity contribution in [2.24, 2.45) is 0 Å². The van der Waals surface area contributed by atoms with Crippen LogP contribution in [-0.4, -0.2) is 20.9 Å². The summed E-state index contributed by atoms with van der Waals surface area (Å²) < 4.78 is 3.70. The molecule has 0 saturated carbocycles. The summed E-state index contributed by atoms with van der Waals surface area (Å²) in [7, 11) is 0. The second-order valence-electron chi connectivity index (χ2n) is 2.17. The molecule has 58 valence electrons. The molecule has 0 radical (unpaired) electrons. The van der Waals surface area contributed by atoms with Crippen molar-refractivity contribution in [2.75, 3.05) is 0 Å². The van der Waals surface area contributed by atoms with Gasteiger partial charge in [-0.05, 0) is 0 Å².